The molecular weight excluding hydrogens is 214 g/mol. The van der Waals surface area contributed by atoms with E-state index in [1.54, 1.807) is 6.20 Å². The highest BCUT2D eigenvalue weighted by atomic mass is 15.1. The minimum Gasteiger partial charge on any atom is -0.309 e. The van der Waals surface area contributed by atoms with Crippen LogP contribution in [0.2, 0.25) is 0 Å². The fraction of sp³-hybridized carbons (Fsp3) is 0.417. The van der Waals surface area contributed by atoms with E-state index in [0.717, 1.165) is 35.7 Å². The highest BCUT2D eigenvalue weighted by Gasteiger charge is 2.18. The summed E-state index contributed by atoms with van der Waals surface area (Å²) in [5, 5.41) is 10.6. The Morgan fingerprint density at radius 1 is 1.29 bits per heavy atom. The van der Waals surface area contributed by atoms with E-state index in [9.17, 15) is 0 Å². The molecule has 88 valence electrons. The predicted molar refractivity (Wildman–Crippen MR) is 64.3 cm³/mol. The summed E-state index contributed by atoms with van der Waals surface area (Å²) in [6.07, 6.45) is 5.94. The molecule has 0 amide bonds. The maximum absolute atomic E-state index is 4.63. The van der Waals surface area contributed by atoms with Crippen LogP contribution >= 0.6 is 0 Å². The van der Waals surface area contributed by atoms with E-state index in [2.05, 4.69) is 25.5 Å². The van der Waals surface area contributed by atoms with Crippen molar-refractivity contribution in [2.45, 2.75) is 25.8 Å². The van der Waals surface area contributed by atoms with Crippen molar-refractivity contribution < 1.29 is 0 Å². The number of aromatic nitrogens is 4. The summed E-state index contributed by atoms with van der Waals surface area (Å²) in [6, 6.07) is 2.33. The number of H-pyrrole nitrogens is 1. The molecule has 1 aliphatic rings. The Balaban J connectivity index is 1.93. The maximum atomic E-state index is 4.63. The molecule has 2 N–H and O–H groups in total. The molecule has 2 aromatic heterocycles. The summed E-state index contributed by atoms with van der Waals surface area (Å²) in [5.74, 6) is 0. The Morgan fingerprint density at radius 3 is 2.94 bits per heavy atom. The highest BCUT2D eigenvalue weighted by Crippen LogP contribution is 2.22. The van der Waals surface area contributed by atoms with Crippen LogP contribution in [0.15, 0.2) is 18.5 Å². The van der Waals surface area contributed by atoms with Crippen molar-refractivity contribution in [3.05, 3.63) is 29.8 Å². The maximum Gasteiger partial charge on any atom is 0.112 e. The number of hydrogen-bond donors (Lipinski definition) is 2. The molecular formula is C12H15N5. The number of nitrogens with zero attached hydrogens (tertiary/aromatic N) is 3. The van der Waals surface area contributed by atoms with Gasteiger partial charge in [-0.1, -0.05) is 0 Å². The van der Waals surface area contributed by atoms with Crippen LogP contribution in [0, 0.1) is 6.92 Å². The van der Waals surface area contributed by atoms with Crippen LogP contribution in [0.4, 0.5) is 0 Å². The molecule has 17 heavy (non-hydrogen) atoms. The van der Waals surface area contributed by atoms with Crippen molar-refractivity contribution in [1.29, 1.82) is 0 Å². The topological polar surface area (TPSA) is 66.5 Å². The second kappa shape index (κ2) is 4.25. The Morgan fingerprint density at radius 2 is 2.24 bits per heavy atom. The molecule has 0 aromatic carbocycles. The van der Waals surface area contributed by atoms with Crippen LogP contribution in [-0.4, -0.2) is 26.7 Å². The van der Waals surface area contributed by atoms with E-state index in [4.69, 9.17) is 0 Å². The third-order valence-electron chi connectivity index (χ3n) is 3.04. The van der Waals surface area contributed by atoms with Crippen molar-refractivity contribution in [2.75, 3.05) is 6.54 Å². The van der Waals surface area contributed by atoms with Crippen LogP contribution in [0.5, 0.6) is 0 Å². The van der Waals surface area contributed by atoms with Crippen LogP contribution in [-0.2, 0) is 0 Å². The molecule has 0 aliphatic carbocycles. The van der Waals surface area contributed by atoms with Crippen molar-refractivity contribution in [1.82, 2.24) is 25.5 Å². The predicted octanol–water partition coefficient (Wildman–Crippen LogP) is 1.60. The third kappa shape index (κ3) is 2.06. The fourth-order valence-corrected chi connectivity index (χ4v) is 2.16. The quantitative estimate of drug-likeness (QED) is 0.820. The van der Waals surface area contributed by atoms with Crippen molar-refractivity contribution >= 4 is 0 Å². The lowest BCUT2D eigenvalue weighted by atomic mass is 10.1. The normalized spacial score (nSPS) is 19.7. The van der Waals surface area contributed by atoms with E-state index in [1.807, 2.05) is 19.2 Å². The SMILES string of the molecule is Cc1cc(-c2cncc([C@H]3CCCN3)n2)n[nH]1. The van der Waals surface area contributed by atoms with Gasteiger partial charge < -0.3 is 5.32 Å². The van der Waals surface area contributed by atoms with Gasteiger partial charge >= 0.3 is 0 Å². The summed E-state index contributed by atoms with van der Waals surface area (Å²) < 4.78 is 0. The van der Waals surface area contributed by atoms with Gasteiger partial charge in [0.25, 0.3) is 0 Å². The van der Waals surface area contributed by atoms with Gasteiger partial charge in [-0.05, 0) is 32.4 Å². The fourth-order valence-electron chi connectivity index (χ4n) is 2.16. The van der Waals surface area contributed by atoms with E-state index in [1.165, 1.54) is 6.42 Å². The molecule has 3 rings (SSSR count). The number of nitrogens with one attached hydrogen (secondary N) is 2. The summed E-state index contributed by atoms with van der Waals surface area (Å²) in [6.45, 7) is 3.05. The zero-order valence-corrected chi connectivity index (χ0v) is 9.77. The zero-order chi connectivity index (χ0) is 11.7. The number of hydrogen-bond acceptors (Lipinski definition) is 4. The highest BCUT2D eigenvalue weighted by molar-refractivity contribution is 5.52. The largest absolute Gasteiger partial charge is 0.309 e. The molecule has 0 unspecified atom stereocenters. The monoisotopic (exact) mass is 229 g/mol. The van der Waals surface area contributed by atoms with Crippen molar-refractivity contribution in [3.8, 4) is 11.4 Å². The first-order valence-electron chi connectivity index (χ1n) is 5.90. The molecule has 1 aliphatic heterocycles. The molecule has 3 heterocycles. The van der Waals surface area contributed by atoms with Gasteiger partial charge in [0, 0.05) is 5.69 Å². The first kappa shape index (κ1) is 10.4. The van der Waals surface area contributed by atoms with E-state index in [-0.39, 0.29) is 0 Å². The second-order valence-electron chi connectivity index (χ2n) is 4.41. The smallest absolute Gasteiger partial charge is 0.112 e. The molecule has 0 spiro atoms. The summed E-state index contributed by atoms with van der Waals surface area (Å²) in [7, 11) is 0. The second-order valence-corrected chi connectivity index (χ2v) is 4.41. The minimum absolute atomic E-state index is 0.350. The zero-order valence-electron chi connectivity index (χ0n) is 9.77. The van der Waals surface area contributed by atoms with Gasteiger partial charge in [-0.15, -0.1) is 0 Å². The molecule has 5 nitrogen and oxygen atoms in total. The van der Waals surface area contributed by atoms with Gasteiger partial charge in [-0.25, -0.2) is 4.98 Å². The van der Waals surface area contributed by atoms with Gasteiger partial charge in [-0.3, -0.25) is 10.1 Å². The molecule has 0 saturated carbocycles. The van der Waals surface area contributed by atoms with Crippen molar-refractivity contribution in [2.24, 2.45) is 0 Å². The van der Waals surface area contributed by atoms with Crippen LogP contribution in [0.1, 0.15) is 30.3 Å². The average Bonchev–Trinajstić information content (AvgIpc) is 3.00. The summed E-state index contributed by atoms with van der Waals surface area (Å²) >= 11 is 0. The third-order valence-corrected chi connectivity index (χ3v) is 3.04. The van der Waals surface area contributed by atoms with Gasteiger partial charge in [-0.2, -0.15) is 5.10 Å². The summed E-state index contributed by atoms with van der Waals surface area (Å²) in [5.41, 5.74) is 3.74. The molecule has 1 saturated heterocycles. The van der Waals surface area contributed by atoms with Crippen LogP contribution in [0.3, 0.4) is 0 Å². The molecule has 0 bridgehead atoms. The van der Waals surface area contributed by atoms with Crippen LogP contribution < -0.4 is 5.32 Å². The Kier molecular flexibility index (Phi) is 2.60. The van der Waals surface area contributed by atoms with E-state index in [0.29, 0.717) is 6.04 Å². The first-order valence-corrected chi connectivity index (χ1v) is 5.90. The van der Waals surface area contributed by atoms with Gasteiger partial charge in [0.1, 0.15) is 11.4 Å². The number of aromatic amines is 1. The molecule has 0 radical (unpaired) electrons. The average molecular weight is 229 g/mol. The first-order chi connectivity index (χ1) is 8.33. The minimum atomic E-state index is 0.350. The lowest BCUT2D eigenvalue weighted by Crippen LogP contribution is -2.14. The summed E-state index contributed by atoms with van der Waals surface area (Å²) in [4.78, 5) is 8.89. The molecule has 2 aromatic rings. The van der Waals surface area contributed by atoms with E-state index < -0.39 is 0 Å². The molecule has 1 atom stereocenters. The van der Waals surface area contributed by atoms with E-state index >= 15 is 0 Å². The van der Waals surface area contributed by atoms with Gasteiger partial charge in [0.2, 0.25) is 0 Å². The standard InChI is InChI=1S/C12H15N5/c1-8-5-10(17-16-8)12-7-13-6-11(15-12)9-3-2-4-14-9/h5-7,9,14H,2-4H2,1H3,(H,16,17)/t9-/m1/s1. The van der Waals surface area contributed by atoms with Crippen LogP contribution in [0.25, 0.3) is 11.4 Å². The molecule has 5 heteroatoms. The Labute approximate surface area is 99.7 Å². The lowest BCUT2D eigenvalue weighted by molar-refractivity contribution is 0.625. The Bertz CT molecular complexity index is 513. The number of rotatable bonds is 2. The van der Waals surface area contributed by atoms with Crippen molar-refractivity contribution in [3.63, 3.8) is 0 Å². The lowest BCUT2D eigenvalue weighted by Gasteiger charge is -2.09. The van der Waals surface area contributed by atoms with Gasteiger partial charge in [0.15, 0.2) is 0 Å². The molecule has 1 fully saturated rings. The van der Waals surface area contributed by atoms with Gasteiger partial charge in [0.05, 0.1) is 24.1 Å². The number of aryl methyl sites for hydroxylation is 1. The Hall–Kier alpha value is -1.75.